The Kier molecular flexibility index (Phi) is 9.56. The van der Waals surface area contributed by atoms with Gasteiger partial charge in [-0.1, -0.05) is 74.5 Å². The zero-order valence-corrected chi connectivity index (χ0v) is 23.1. The minimum atomic E-state index is -0.956. The van der Waals surface area contributed by atoms with Gasteiger partial charge in [-0.15, -0.1) is 0 Å². The molecule has 8 nitrogen and oxygen atoms in total. The third-order valence-corrected chi connectivity index (χ3v) is 7.28. The van der Waals surface area contributed by atoms with Gasteiger partial charge in [0.1, 0.15) is 11.8 Å². The lowest BCUT2D eigenvalue weighted by molar-refractivity contribution is -0.136. The summed E-state index contributed by atoms with van der Waals surface area (Å²) in [5.41, 5.74) is 6.57. The second kappa shape index (κ2) is 13.3. The lowest BCUT2D eigenvalue weighted by atomic mass is 9.92. The maximum Gasteiger partial charge on any atom is 0.247 e. The average molecular weight is 544 g/mol. The number of nitrogens with one attached hydrogen (secondary N) is 3. The molecule has 4 N–H and O–H groups in total. The van der Waals surface area contributed by atoms with Gasteiger partial charge in [-0.25, -0.2) is 5.48 Å². The quantitative estimate of drug-likeness (QED) is 0.212. The highest BCUT2D eigenvalue weighted by atomic mass is 16.5. The van der Waals surface area contributed by atoms with Crippen molar-refractivity contribution in [3.8, 4) is 16.9 Å². The summed E-state index contributed by atoms with van der Waals surface area (Å²) in [5.74, 6) is -1.19. The van der Waals surface area contributed by atoms with Crippen molar-refractivity contribution in [1.82, 2.24) is 16.1 Å². The summed E-state index contributed by atoms with van der Waals surface area (Å²) >= 11 is 0. The van der Waals surface area contributed by atoms with Crippen molar-refractivity contribution in [3.05, 3.63) is 89.5 Å². The molecule has 0 saturated carbocycles. The Bertz CT molecular complexity index is 1310. The number of fused-ring (bicyclic) bond motifs is 1. The Morgan fingerprint density at radius 2 is 1.57 bits per heavy atom. The highest BCUT2D eigenvalue weighted by Gasteiger charge is 2.31. The largest absolute Gasteiger partial charge is 0.497 e. The highest BCUT2D eigenvalue weighted by Crippen LogP contribution is 2.27. The number of methoxy groups -OCH3 is 1. The highest BCUT2D eigenvalue weighted by molar-refractivity contribution is 5.91. The Hall–Kier alpha value is -4.17. The molecule has 210 valence electrons. The maximum atomic E-state index is 13.7. The molecule has 4 rings (SSSR count). The zero-order chi connectivity index (χ0) is 28.6. The number of amides is 3. The first-order valence-electron chi connectivity index (χ1n) is 13.6. The molecule has 0 spiro atoms. The number of carbonyl (C=O) groups is 3. The van der Waals surface area contributed by atoms with E-state index in [0.29, 0.717) is 12.0 Å². The van der Waals surface area contributed by atoms with Crippen molar-refractivity contribution in [2.24, 2.45) is 11.8 Å². The lowest BCUT2D eigenvalue weighted by Gasteiger charge is -2.25. The van der Waals surface area contributed by atoms with E-state index >= 15 is 0 Å². The summed E-state index contributed by atoms with van der Waals surface area (Å²) in [6.07, 6.45) is 1.70. The van der Waals surface area contributed by atoms with E-state index in [1.165, 1.54) is 11.1 Å². The van der Waals surface area contributed by atoms with E-state index in [2.05, 4.69) is 22.8 Å². The first-order valence-corrected chi connectivity index (χ1v) is 13.6. The summed E-state index contributed by atoms with van der Waals surface area (Å²) in [5, 5.41) is 15.1. The molecule has 0 fully saturated rings. The Morgan fingerprint density at radius 3 is 2.17 bits per heavy atom. The second-order valence-corrected chi connectivity index (χ2v) is 10.7. The molecule has 3 aromatic carbocycles. The number of benzene rings is 3. The standard InChI is InChI=1S/C32H37N3O5/c1-20(2)15-26(19-29(36)35-39)31(37)34-30(32(38)33-27-16-23-7-4-5-8-24(23)17-27)22-13-11-21(12-14-22)25-9-6-10-28(18-25)40-3/h4-14,18,20,26-27,30,39H,15-17,19H2,1-3H3,(H,33,38)(H,34,37)(H,35,36)/t26-,30+/m1/s1. The molecular formula is C32H37N3O5. The Labute approximate surface area is 235 Å². The molecule has 3 aromatic rings. The van der Waals surface area contributed by atoms with Crippen LogP contribution in [0.15, 0.2) is 72.8 Å². The van der Waals surface area contributed by atoms with Gasteiger partial charge >= 0.3 is 0 Å². The average Bonchev–Trinajstić information content (AvgIpc) is 3.37. The van der Waals surface area contributed by atoms with Crippen molar-refractivity contribution in [2.45, 2.75) is 51.6 Å². The number of rotatable bonds is 11. The molecule has 0 radical (unpaired) electrons. The third kappa shape index (κ3) is 7.27. The van der Waals surface area contributed by atoms with Crippen molar-refractivity contribution < 1.29 is 24.3 Å². The predicted octanol–water partition coefficient (Wildman–Crippen LogP) is 4.36. The second-order valence-electron chi connectivity index (χ2n) is 10.7. The van der Waals surface area contributed by atoms with E-state index in [1.807, 2.05) is 74.5 Å². The molecule has 0 bridgehead atoms. The maximum absolute atomic E-state index is 13.7. The normalized spacial score (nSPS) is 14.2. The fourth-order valence-electron chi connectivity index (χ4n) is 5.30. The first kappa shape index (κ1) is 28.8. The SMILES string of the molecule is COc1cccc(-c2ccc([C@H](NC(=O)[C@@H](CC(=O)NO)CC(C)C)C(=O)NC3Cc4ccccc4C3)cc2)c1. The van der Waals surface area contributed by atoms with Crippen LogP contribution in [0.5, 0.6) is 5.75 Å². The van der Waals surface area contributed by atoms with Crippen LogP contribution in [0, 0.1) is 11.8 Å². The van der Waals surface area contributed by atoms with Crippen LogP contribution in [0.1, 0.15) is 49.4 Å². The molecule has 0 saturated heterocycles. The van der Waals surface area contributed by atoms with Gasteiger partial charge in [-0.2, -0.15) is 0 Å². The fraction of sp³-hybridized carbons (Fsp3) is 0.344. The molecule has 1 aliphatic rings. The van der Waals surface area contributed by atoms with E-state index < -0.39 is 23.8 Å². The van der Waals surface area contributed by atoms with Crippen LogP contribution in [0.2, 0.25) is 0 Å². The van der Waals surface area contributed by atoms with Gasteiger partial charge in [-0.3, -0.25) is 19.6 Å². The van der Waals surface area contributed by atoms with Gasteiger partial charge in [0.05, 0.1) is 7.11 Å². The molecule has 40 heavy (non-hydrogen) atoms. The van der Waals surface area contributed by atoms with Gasteiger partial charge in [0.25, 0.3) is 0 Å². The van der Waals surface area contributed by atoms with E-state index in [9.17, 15) is 14.4 Å². The van der Waals surface area contributed by atoms with Crippen LogP contribution in [-0.2, 0) is 27.2 Å². The number of hydroxylamine groups is 1. The van der Waals surface area contributed by atoms with Crippen molar-refractivity contribution in [2.75, 3.05) is 7.11 Å². The van der Waals surface area contributed by atoms with Crippen LogP contribution in [0.3, 0.4) is 0 Å². The molecule has 1 aliphatic carbocycles. The molecular weight excluding hydrogens is 506 g/mol. The minimum Gasteiger partial charge on any atom is -0.497 e. The summed E-state index contributed by atoms with van der Waals surface area (Å²) < 4.78 is 5.34. The monoisotopic (exact) mass is 543 g/mol. The predicted molar refractivity (Wildman–Crippen MR) is 153 cm³/mol. The number of hydrogen-bond acceptors (Lipinski definition) is 5. The Morgan fingerprint density at radius 1 is 0.900 bits per heavy atom. The van der Waals surface area contributed by atoms with E-state index in [0.717, 1.165) is 29.7 Å². The van der Waals surface area contributed by atoms with Gasteiger partial charge < -0.3 is 15.4 Å². The Balaban J connectivity index is 1.58. The van der Waals surface area contributed by atoms with Crippen LogP contribution in [0.25, 0.3) is 11.1 Å². The number of ether oxygens (including phenoxy) is 1. The minimum absolute atomic E-state index is 0.0769. The molecule has 8 heteroatoms. The number of hydrogen-bond donors (Lipinski definition) is 4. The summed E-state index contributed by atoms with van der Waals surface area (Å²) in [6.45, 7) is 3.91. The van der Waals surface area contributed by atoms with Gasteiger partial charge in [-0.05, 0) is 65.1 Å². The van der Waals surface area contributed by atoms with Crippen LogP contribution in [0.4, 0.5) is 0 Å². The summed E-state index contributed by atoms with van der Waals surface area (Å²) in [4.78, 5) is 39.0. The van der Waals surface area contributed by atoms with Crippen molar-refractivity contribution in [1.29, 1.82) is 0 Å². The molecule has 3 amide bonds. The smallest absolute Gasteiger partial charge is 0.247 e. The molecule has 0 aliphatic heterocycles. The van der Waals surface area contributed by atoms with Crippen LogP contribution < -0.4 is 20.9 Å². The third-order valence-electron chi connectivity index (χ3n) is 7.28. The topological polar surface area (TPSA) is 117 Å². The zero-order valence-electron chi connectivity index (χ0n) is 23.1. The van der Waals surface area contributed by atoms with E-state index in [-0.39, 0.29) is 24.3 Å². The van der Waals surface area contributed by atoms with Crippen molar-refractivity contribution >= 4 is 17.7 Å². The van der Waals surface area contributed by atoms with Gasteiger partial charge in [0.2, 0.25) is 17.7 Å². The van der Waals surface area contributed by atoms with Gasteiger partial charge in [0, 0.05) is 18.4 Å². The lowest BCUT2D eigenvalue weighted by Crippen LogP contribution is -2.46. The van der Waals surface area contributed by atoms with E-state index in [4.69, 9.17) is 9.94 Å². The van der Waals surface area contributed by atoms with Crippen LogP contribution >= 0.6 is 0 Å². The first-order chi connectivity index (χ1) is 19.3. The van der Waals surface area contributed by atoms with Gasteiger partial charge in [0.15, 0.2) is 0 Å². The fourth-order valence-corrected chi connectivity index (χ4v) is 5.30. The molecule has 0 heterocycles. The van der Waals surface area contributed by atoms with Crippen LogP contribution in [-0.4, -0.2) is 36.1 Å². The number of carbonyl (C=O) groups excluding carboxylic acids is 3. The van der Waals surface area contributed by atoms with Crippen molar-refractivity contribution in [3.63, 3.8) is 0 Å². The summed E-state index contributed by atoms with van der Waals surface area (Å²) in [7, 11) is 1.62. The summed E-state index contributed by atoms with van der Waals surface area (Å²) in [6, 6.07) is 22.3. The molecule has 2 atom stereocenters. The molecule has 0 aromatic heterocycles. The molecule has 0 unspecified atom stereocenters. The van der Waals surface area contributed by atoms with E-state index in [1.54, 1.807) is 12.6 Å².